The Kier molecular flexibility index (Phi) is 4.68. The number of halogens is 1. The van der Waals surface area contributed by atoms with Gasteiger partial charge in [-0.05, 0) is 35.9 Å². The Morgan fingerprint density at radius 1 is 1.05 bits per heavy atom. The number of methoxy groups -OCH3 is 2. The summed E-state index contributed by atoms with van der Waals surface area (Å²) in [6.07, 6.45) is 0. The van der Waals surface area contributed by atoms with E-state index in [9.17, 15) is 0 Å². The normalized spacial score (nSPS) is 10.1. The fourth-order valence-electron chi connectivity index (χ4n) is 1.80. The topological polar surface area (TPSA) is 30.5 Å². The number of rotatable bonds is 5. The monoisotopic (exact) mass is 321 g/mol. The highest BCUT2D eigenvalue weighted by Crippen LogP contribution is 2.28. The maximum atomic E-state index is 5.33. The van der Waals surface area contributed by atoms with Crippen LogP contribution in [0.2, 0.25) is 0 Å². The summed E-state index contributed by atoms with van der Waals surface area (Å²) < 4.78 is 11.6. The van der Waals surface area contributed by atoms with Crippen LogP contribution in [0.25, 0.3) is 0 Å². The fraction of sp³-hybridized carbons (Fsp3) is 0.200. The Morgan fingerprint density at radius 2 is 1.89 bits per heavy atom. The minimum Gasteiger partial charge on any atom is -0.497 e. The van der Waals surface area contributed by atoms with Crippen molar-refractivity contribution >= 4 is 21.6 Å². The molecule has 0 fully saturated rings. The summed E-state index contributed by atoms with van der Waals surface area (Å²) >= 11 is 3.46. The van der Waals surface area contributed by atoms with E-state index in [-0.39, 0.29) is 0 Å². The van der Waals surface area contributed by atoms with Crippen LogP contribution < -0.4 is 14.8 Å². The summed E-state index contributed by atoms with van der Waals surface area (Å²) in [5.74, 6) is 1.69. The molecule has 1 N–H and O–H groups in total. The van der Waals surface area contributed by atoms with E-state index in [2.05, 4.69) is 27.3 Å². The van der Waals surface area contributed by atoms with Gasteiger partial charge in [0.05, 0.1) is 19.9 Å². The minimum atomic E-state index is 0.712. The summed E-state index contributed by atoms with van der Waals surface area (Å²) in [6, 6.07) is 13.9. The van der Waals surface area contributed by atoms with Crippen molar-refractivity contribution in [3.05, 3.63) is 52.5 Å². The first-order chi connectivity index (χ1) is 9.22. The van der Waals surface area contributed by atoms with Crippen LogP contribution in [0.1, 0.15) is 5.56 Å². The third kappa shape index (κ3) is 3.64. The van der Waals surface area contributed by atoms with Gasteiger partial charge >= 0.3 is 0 Å². The second-order valence-electron chi connectivity index (χ2n) is 4.05. The van der Waals surface area contributed by atoms with Crippen LogP contribution in [0, 0.1) is 0 Å². The van der Waals surface area contributed by atoms with Gasteiger partial charge in [-0.3, -0.25) is 0 Å². The van der Waals surface area contributed by atoms with Gasteiger partial charge in [-0.1, -0.05) is 28.1 Å². The van der Waals surface area contributed by atoms with Crippen LogP contribution in [0.3, 0.4) is 0 Å². The van der Waals surface area contributed by atoms with Gasteiger partial charge in [-0.2, -0.15) is 0 Å². The molecular formula is C15H16BrNO2. The van der Waals surface area contributed by atoms with Crippen molar-refractivity contribution in [2.45, 2.75) is 6.54 Å². The van der Waals surface area contributed by atoms with E-state index in [1.807, 2.05) is 36.4 Å². The molecule has 3 nitrogen and oxygen atoms in total. The smallest absolute Gasteiger partial charge is 0.142 e. The predicted molar refractivity (Wildman–Crippen MR) is 81.0 cm³/mol. The van der Waals surface area contributed by atoms with Crippen molar-refractivity contribution in [2.24, 2.45) is 0 Å². The Labute approximate surface area is 121 Å². The zero-order chi connectivity index (χ0) is 13.7. The summed E-state index contributed by atoms with van der Waals surface area (Å²) in [5, 5.41) is 3.36. The molecule has 0 saturated heterocycles. The lowest BCUT2D eigenvalue weighted by atomic mass is 10.2. The van der Waals surface area contributed by atoms with Gasteiger partial charge in [0.15, 0.2) is 0 Å². The molecule has 2 aromatic rings. The quantitative estimate of drug-likeness (QED) is 0.900. The molecule has 0 aliphatic heterocycles. The number of nitrogens with one attached hydrogen (secondary N) is 1. The van der Waals surface area contributed by atoms with Crippen molar-refractivity contribution in [1.82, 2.24) is 0 Å². The van der Waals surface area contributed by atoms with Crippen molar-refractivity contribution < 1.29 is 9.47 Å². The lowest BCUT2D eigenvalue weighted by Crippen LogP contribution is -2.01. The van der Waals surface area contributed by atoms with Crippen LogP contribution in [-0.4, -0.2) is 14.2 Å². The molecule has 2 rings (SSSR count). The zero-order valence-corrected chi connectivity index (χ0v) is 12.5. The van der Waals surface area contributed by atoms with Gasteiger partial charge in [-0.25, -0.2) is 0 Å². The zero-order valence-electron chi connectivity index (χ0n) is 10.9. The lowest BCUT2D eigenvalue weighted by Gasteiger charge is -2.12. The molecule has 2 aromatic carbocycles. The average molecular weight is 322 g/mol. The largest absolute Gasteiger partial charge is 0.497 e. The highest BCUT2D eigenvalue weighted by Gasteiger charge is 2.03. The van der Waals surface area contributed by atoms with Gasteiger partial charge in [0.2, 0.25) is 0 Å². The van der Waals surface area contributed by atoms with E-state index in [0.717, 1.165) is 27.2 Å². The third-order valence-electron chi connectivity index (χ3n) is 2.78. The molecule has 0 atom stereocenters. The van der Waals surface area contributed by atoms with E-state index in [0.29, 0.717) is 6.54 Å². The molecule has 4 heteroatoms. The first-order valence-corrected chi connectivity index (χ1v) is 6.72. The van der Waals surface area contributed by atoms with Crippen molar-refractivity contribution in [2.75, 3.05) is 19.5 Å². The van der Waals surface area contributed by atoms with E-state index in [1.54, 1.807) is 14.2 Å². The molecule has 100 valence electrons. The van der Waals surface area contributed by atoms with E-state index < -0.39 is 0 Å². The first-order valence-electron chi connectivity index (χ1n) is 5.93. The second kappa shape index (κ2) is 6.48. The molecule has 0 saturated carbocycles. The summed E-state index contributed by atoms with van der Waals surface area (Å²) in [5.41, 5.74) is 2.11. The molecule has 0 radical (unpaired) electrons. The molecule has 0 aliphatic carbocycles. The van der Waals surface area contributed by atoms with Crippen LogP contribution >= 0.6 is 15.9 Å². The van der Waals surface area contributed by atoms with Crippen molar-refractivity contribution in [3.63, 3.8) is 0 Å². The Hall–Kier alpha value is -1.68. The highest BCUT2D eigenvalue weighted by atomic mass is 79.9. The Balaban J connectivity index is 2.11. The van der Waals surface area contributed by atoms with Crippen LogP contribution in [0.15, 0.2) is 46.9 Å². The molecular weight excluding hydrogens is 306 g/mol. The molecule has 0 amide bonds. The standard InChI is InChI=1S/C15H16BrNO2/c1-18-13-5-3-4-11(8-13)10-17-14-9-12(16)6-7-15(14)19-2/h3-9,17H,10H2,1-2H3. The predicted octanol–water partition coefficient (Wildman–Crippen LogP) is 4.08. The number of hydrogen-bond acceptors (Lipinski definition) is 3. The summed E-state index contributed by atoms with van der Waals surface area (Å²) in [7, 11) is 3.34. The van der Waals surface area contributed by atoms with E-state index in [4.69, 9.17) is 9.47 Å². The molecule has 0 spiro atoms. The Morgan fingerprint density at radius 3 is 2.63 bits per heavy atom. The highest BCUT2D eigenvalue weighted by molar-refractivity contribution is 9.10. The number of ether oxygens (including phenoxy) is 2. The van der Waals surface area contributed by atoms with Gasteiger partial charge in [0.25, 0.3) is 0 Å². The molecule has 0 unspecified atom stereocenters. The number of anilines is 1. The van der Waals surface area contributed by atoms with Gasteiger partial charge < -0.3 is 14.8 Å². The van der Waals surface area contributed by atoms with Gasteiger partial charge in [-0.15, -0.1) is 0 Å². The molecule has 0 aliphatic rings. The van der Waals surface area contributed by atoms with Crippen molar-refractivity contribution in [1.29, 1.82) is 0 Å². The number of hydrogen-bond donors (Lipinski definition) is 1. The first kappa shape index (κ1) is 13.7. The summed E-state index contributed by atoms with van der Waals surface area (Å²) in [6.45, 7) is 0.712. The fourth-order valence-corrected chi connectivity index (χ4v) is 2.16. The van der Waals surface area contributed by atoms with Crippen LogP contribution in [-0.2, 0) is 6.54 Å². The van der Waals surface area contributed by atoms with Crippen molar-refractivity contribution in [3.8, 4) is 11.5 Å². The third-order valence-corrected chi connectivity index (χ3v) is 3.27. The maximum Gasteiger partial charge on any atom is 0.142 e. The second-order valence-corrected chi connectivity index (χ2v) is 4.97. The molecule has 0 bridgehead atoms. The van der Waals surface area contributed by atoms with Crippen LogP contribution in [0.4, 0.5) is 5.69 Å². The molecule has 0 heterocycles. The Bertz CT molecular complexity index is 558. The molecule has 19 heavy (non-hydrogen) atoms. The SMILES string of the molecule is COc1cccc(CNc2cc(Br)ccc2OC)c1. The van der Waals surface area contributed by atoms with Gasteiger partial charge in [0.1, 0.15) is 11.5 Å². The minimum absolute atomic E-state index is 0.712. The average Bonchev–Trinajstić information content (AvgIpc) is 2.45. The molecule has 0 aromatic heterocycles. The summed E-state index contributed by atoms with van der Waals surface area (Å²) in [4.78, 5) is 0. The van der Waals surface area contributed by atoms with Crippen LogP contribution in [0.5, 0.6) is 11.5 Å². The van der Waals surface area contributed by atoms with E-state index in [1.165, 1.54) is 0 Å². The lowest BCUT2D eigenvalue weighted by molar-refractivity contribution is 0.414. The maximum absolute atomic E-state index is 5.33. The van der Waals surface area contributed by atoms with Gasteiger partial charge in [0, 0.05) is 11.0 Å². The number of benzene rings is 2. The van der Waals surface area contributed by atoms with E-state index >= 15 is 0 Å².